The molecule has 0 radical (unpaired) electrons. The Labute approximate surface area is 126 Å². The Hall–Kier alpha value is -1.50. The summed E-state index contributed by atoms with van der Waals surface area (Å²) in [5.74, 6) is 0.0951. The summed E-state index contributed by atoms with van der Waals surface area (Å²) in [4.78, 5) is 15.9. The van der Waals surface area contributed by atoms with E-state index in [4.69, 9.17) is 11.6 Å². The third-order valence-electron chi connectivity index (χ3n) is 2.59. The number of alkyl halides is 3. The second kappa shape index (κ2) is 8.07. The Bertz CT molecular complexity index is 480. The highest BCUT2D eigenvalue weighted by atomic mass is 35.5. The highest BCUT2D eigenvalue weighted by molar-refractivity contribution is 6.29. The van der Waals surface area contributed by atoms with Gasteiger partial charge < -0.3 is 10.6 Å². The van der Waals surface area contributed by atoms with Crippen LogP contribution in [0.4, 0.5) is 19.0 Å². The standard InChI is InChI=1S/C13H17ClF3N3O/c1-2-18-11-8-9(7-10(14)20-11)12(21)19-6-4-3-5-13(15,16)17/h7-8H,2-6H2,1H3,(H,18,20)(H,19,21). The molecule has 0 unspecified atom stereocenters. The number of pyridine rings is 1. The zero-order valence-electron chi connectivity index (χ0n) is 11.6. The zero-order chi connectivity index (χ0) is 15.9. The van der Waals surface area contributed by atoms with Crippen LogP contribution in [-0.4, -0.2) is 30.2 Å². The number of unbranched alkanes of at least 4 members (excludes halogenated alkanes) is 1. The van der Waals surface area contributed by atoms with Crippen molar-refractivity contribution in [2.75, 3.05) is 18.4 Å². The molecule has 0 aliphatic rings. The number of nitrogens with one attached hydrogen (secondary N) is 2. The predicted molar refractivity (Wildman–Crippen MR) is 75.6 cm³/mol. The van der Waals surface area contributed by atoms with Crippen LogP contribution in [0.15, 0.2) is 12.1 Å². The molecular weight excluding hydrogens is 307 g/mol. The minimum Gasteiger partial charge on any atom is -0.370 e. The summed E-state index contributed by atoms with van der Waals surface area (Å²) in [7, 11) is 0. The Morgan fingerprint density at radius 3 is 2.67 bits per heavy atom. The first-order chi connectivity index (χ1) is 9.81. The fourth-order valence-electron chi connectivity index (χ4n) is 1.65. The second-order valence-electron chi connectivity index (χ2n) is 4.42. The molecule has 4 nitrogen and oxygen atoms in total. The van der Waals surface area contributed by atoms with Crippen molar-refractivity contribution in [2.24, 2.45) is 0 Å². The molecule has 0 atom stereocenters. The number of aromatic nitrogens is 1. The summed E-state index contributed by atoms with van der Waals surface area (Å²) in [6.45, 7) is 2.69. The number of rotatable bonds is 7. The van der Waals surface area contributed by atoms with E-state index in [1.165, 1.54) is 6.07 Å². The largest absolute Gasteiger partial charge is 0.389 e. The normalized spacial score (nSPS) is 11.3. The smallest absolute Gasteiger partial charge is 0.370 e. The van der Waals surface area contributed by atoms with Crippen LogP contribution in [0.5, 0.6) is 0 Å². The van der Waals surface area contributed by atoms with Gasteiger partial charge in [0.1, 0.15) is 11.0 Å². The molecule has 0 saturated carbocycles. The summed E-state index contributed by atoms with van der Waals surface area (Å²) < 4.78 is 35.9. The fourth-order valence-corrected chi connectivity index (χ4v) is 1.86. The number of nitrogens with zero attached hydrogens (tertiary/aromatic N) is 1. The van der Waals surface area contributed by atoms with Gasteiger partial charge in [-0.1, -0.05) is 11.6 Å². The first-order valence-electron chi connectivity index (χ1n) is 6.58. The van der Waals surface area contributed by atoms with E-state index in [1.807, 2.05) is 6.92 Å². The molecule has 21 heavy (non-hydrogen) atoms. The van der Waals surface area contributed by atoms with Crippen molar-refractivity contribution in [1.82, 2.24) is 10.3 Å². The minimum absolute atomic E-state index is 0.0104. The van der Waals surface area contributed by atoms with E-state index in [9.17, 15) is 18.0 Å². The number of carbonyl (C=O) groups excluding carboxylic acids is 1. The van der Waals surface area contributed by atoms with Crippen LogP contribution in [-0.2, 0) is 0 Å². The molecule has 8 heteroatoms. The minimum atomic E-state index is -4.15. The summed E-state index contributed by atoms with van der Waals surface area (Å²) in [5, 5.41) is 5.67. The van der Waals surface area contributed by atoms with Crippen LogP contribution in [0.25, 0.3) is 0 Å². The van der Waals surface area contributed by atoms with Crippen LogP contribution in [0, 0.1) is 0 Å². The van der Waals surface area contributed by atoms with Gasteiger partial charge in [0.2, 0.25) is 0 Å². The Balaban J connectivity index is 2.45. The summed E-state index contributed by atoms with van der Waals surface area (Å²) >= 11 is 5.81. The maximum Gasteiger partial charge on any atom is 0.389 e. The average Bonchev–Trinajstić information content (AvgIpc) is 2.36. The fraction of sp³-hybridized carbons (Fsp3) is 0.538. The lowest BCUT2D eigenvalue weighted by molar-refractivity contribution is -0.135. The molecule has 0 saturated heterocycles. The van der Waals surface area contributed by atoms with Crippen LogP contribution >= 0.6 is 11.6 Å². The van der Waals surface area contributed by atoms with E-state index in [2.05, 4.69) is 15.6 Å². The monoisotopic (exact) mass is 323 g/mol. The maximum atomic E-state index is 12.0. The van der Waals surface area contributed by atoms with Crippen molar-refractivity contribution in [3.05, 3.63) is 22.8 Å². The van der Waals surface area contributed by atoms with Crippen LogP contribution < -0.4 is 10.6 Å². The lowest BCUT2D eigenvalue weighted by Crippen LogP contribution is -2.25. The summed E-state index contributed by atoms with van der Waals surface area (Å²) in [5.41, 5.74) is 0.321. The molecule has 1 aromatic rings. The molecule has 0 spiro atoms. The van der Waals surface area contributed by atoms with Crippen molar-refractivity contribution in [3.63, 3.8) is 0 Å². The average molecular weight is 324 g/mol. The molecule has 0 aromatic carbocycles. The maximum absolute atomic E-state index is 12.0. The topological polar surface area (TPSA) is 54.0 Å². The predicted octanol–water partition coefficient (Wildman–Crippen LogP) is 3.63. The first-order valence-corrected chi connectivity index (χ1v) is 6.96. The van der Waals surface area contributed by atoms with Gasteiger partial charge in [0.25, 0.3) is 5.91 Å². The Morgan fingerprint density at radius 1 is 1.33 bits per heavy atom. The van der Waals surface area contributed by atoms with Crippen molar-refractivity contribution in [3.8, 4) is 0 Å². The van der Waals surface area contributed by atoms with Gasteiger partial charge in [-0.2, -0.15) is 13.2 Å². The van der Waals surface area contributed by atoms with Crippen molar-refractivity contribution < 1.29 is 18.0 Å². The van der Waals surface area contributed by atoms with Gasteiger partial charge >= 0.3 is 6.18 Å². The van der Waals surface area contributed by atoms with Gasteiger partial charge in [-0.05, 0) is 31.9 Å². The molecular formula is C13H17ClF3N3O. The molecule has 1 amide bonds. The molecule has 2 N–H and O–H groups in total. The Morgan fingerprint density at radius 2 is 2.05 bits per heavy atom. The SMILES string of the molecule is CCNc1cc(C(=O)NCCCCC(F)(F)F)cc(Cl)n1. The van der Waals surface area contributed by atoms with E-state index in [0.29, 0.717) is 17.9 Å². The van der Waals surface area contributed by atoms with Crippen molar-refractivity contribution >= 4 is 23.3 Å². The van der Waals surface area contributed by atoms with E-state index in [-0.39, 0.29) is 30.4 Å². The van der Waals surface area contributed by atoms with Gasteiger partial charge in [0.05, 0.1) is 0 Å². The molecule has 0 aliphatic heterocycles. The number of halogens is 4. The molecule has 1 rings (SSSR count). The molecule has 0 bridgehead atoms. The molecule has 1 heterocycles. The third kappa shape index (κ3) is 7.17. The van der Waals surface area contributed by atoms with Crippen LogP contribution in [0.3, 0.4) is 0 Å². The van der Waals surface area contributed by atoms with Crippen LogP contribution in [0.1, 0.15) is 36.5 Å². The highest BCUT2D eigenvalue weighted by Crippen LogP contribution is 2.21. The van der Waals surface area contributed by atoms with E-state index in [1.54, 1.807) is 6.07 Å². The van der Waals surface area contributed by atoms with E-state index < -0.39 is 12.6 Å². The summed E-state index contributed by atoms with van der Waals surface area (Å²) in [6.07, 6.45) is -4.73. The molecule has 0 fully saturated rings. The van der Waals surface area contributed by atoms with Crippen molar-refractivity contribution in [1.29, 1.82) is 0 Å². The zero-order valence-corrected chi connectivity index (χ0v) is 12.3. The summed E-state index contributed by atoms with van der Waals surface area (Å²) in [6, 6.07) is 2.95. The quantitative estimate of drug-likeness (QED) is 0.595. The molecule has 1 aromatic heterocycles. The lowest BCUT2D eigenvalue weighted by atomic mass is 10.2. The Kier molecular flexibility index (Phi) is 6.74. The number of amides is 1. The third-order valence-corrected chi connectivity index (χ3v) is 2.78. The van der Waals surface area contributed by atoms with E-state index in [0.717, 1.165) is 0 Å². The number of carbonyl (C=O) groups is 1. The highest BCUT2D eigenvalue weighted by Gasteiger charge is 2.25. The van der Waals surface area contributed by atoms with Gasteiger partial charge in [0, 0.05) is 25.1 Å². The number of hydrogen-bond acceptors (Lipinski definition) is 3. The van der Waals surface area contributed by atoms with Gasteiger partial charge in [-0.15, -0.1) is 0 Å². The number of hydrogen-bond donors (Lipinski definition) is 2. The van der Waals surface area contributed by atoms with Gasteiger partial charge in [-0.3, -0.25) is 4.79 Å². The second-order valence-corrected chi connectivity index (χ2v) is 4.81. The van der Waals surface area contributed by atoms with Gasteiger partial charge in [0.15, 0.2) is 0 Å². The van der Waals surface area contributed by atoms with Crippen LogP contribution in [0.2, 0.25) is 5.15 Å². The lowest BCUT2D eigenvalue weighted by Gasteiger charge is -2.09. The van der Waals surface area contributed by atoms with E-state index >= 15 is 0 Å². The molecule has 0 aliphatic carbocycles. The van der Waals surface area contributed by atoms with Gasteiger partial charge in [-0.25, -0.2) is 4.98 Å². The molecule has 118 valence electrons. The van der Waals surface area contributed by atoms with Crippen molar-refractivity contribution in [2.45, 2.75) is 32.4 Å². The number of anilines is 1. The first kappa shape index (κ1) is 17.6.